The van der Waals surface area contributed by atoms with Gasteiger partial charge in [-0.05, 0) is 22.6 Å². The van der Waals surface area contributed by atoms with Gasteiger partial charge in [0.05, 0.1) is 4.92 Å². The second-order valence-corrected chi connectivity index (χ2v) is 3.29. The molecule has 0 amide bonds. The number of alkyl halides is 2. The normalized spacial score (nSPS) is 10.6. The van der Waals surface area contributed by atoms with Gasteiger partial charge in [-0.1, -0.05) is 0 Å². The molecule has 0 radical (unpaired) electrons. The Kier molecular flexibility index (Phi) is 3.13. The van der Waals surface area contributed by atoms with Gasteiger partial charge in [-0.3, -0.25) is 10.1 Å². The molecule has 0 aromatic carbocycles. The predicted molar refractivity (Wildman–Crippen MR) is 50.2 cm³/mol. The van der Waals surface area contributed by atoms with Gasteiger partial charge in [-0.15, -0.1) is 0 Å². The van der Waals surface area contributed by atoms with E-state index in [0.29, 0.717) is 6.07 Å². The summed E-state index contributed by atoms with van der Waals surface area (Å²) in [5.41, 5.74) is -1.49. The number of halogens is 3. The molecule has 0 saturated heterocycles. The molecular weight excluding hydrogens is 313 g/mol. The van der Waals surface area contributed by atoms with Crippen LogP contribution >= 0.6 is 22.6 Å². The third-order valence-corrected chi connectivity index (χ3v) is 2.12. The zero-order valence-electron chi connectivity index (χ0n) is 6.45. The maximum Gasteiger partial charge on any atom is 0.315 e. The molecule has 0 spiro atoms. The molecule has 1 heterocycles. The van der Waals surface area contributed by atoms with Crippen molar-refractivity contribution in [3.63, 3.8) is 0 Å². The molecule has 1 rings (SSSR count). The third kappa shape index (κ3) is 2.05. The minimum absolute atomic E-state index is 0.216. The highest BCUT2D eigenvalue weighted by atomic mass is 127. The summed E-state index contributed by atoms with van der Waals surface area (Å²) >= 11 is 1.44. The van der Waals surface area contributed by atoms with Crippen molar-refractivity contribution in [2.24, 2.45) is 0 Å². The molecule has 0 bridgehead atoms. The zero-order chi connectivity index (χ0) is 10.9. The molecule has 14 heavy (non-hydrogen) atoms. The average Bonchev–Trinajstić information content (AvgIpc) is 2.08. The number of nitrogens with zero attached hydrogens (tertiary/aromatic N) is 2. The Morgan fingerprint density at radius 1 is 1.64 bits per heavy atom. The largest absolute Gasteiger partial charge is 0.500 e. The maximum atomic E-state index is 12.2. The van der Waals surface area contributed by atoms with Crippen molar-refractivity contribution < 1.29 is 18.8 Å². The van der Waals surface area contributed by atoms with Crippen LogP contribution in [0.25, 0.3) is 0 Å². The number of hydrogen-bond donors (Lipinski definition) is 1. The van der Waals surface area contributed by atoms with Gasteiger partial charge in [0.15, 0.2) is 3.70 Å². The highest BCUT2D eigenvalue weighted by molar-refractivity contribution is 14.1. The van der Waals surface area contributed by atoms with Gasteiger partial charge in [-0.2, -0.15) is 0 Å². The van der Waals surface area contributed by atoms with E-state index >= 15 is 0 Å². The average molecular weight is 316 g/mol. The Morgan fingerprint density at radius 2 is 2.21 bits per heavy atom. The Balaban J connectivity index is 3.35. The first-order valence-corrected chi connectivity index (χ1v) is 4.33. The van der Waals surface area contributed by atoms with Crippen molar-refractivity contribution in [2.75, 3.05) is 0 Å². The minimum Gasteiger partial charge on any atom is -0.500 e. The summed E-state index contributed by atoms with van der Waals surface area (Å²) in [6, 6.07) is 0.558. The molecule has 5 nitrogen and oxygen atoms in total. The first-order chi connectivity index (χ1) is 6.43. The summed E-state index contributed by atoms with van der Waals surface area (Å²) in [4.78, 5) is 12.7. The van der Waals surface area contributed by atoms with Gasteiger partial charge in [0.1, 0.15) is 5.69 Å². The van der Waals surface area contributed by atoms with Gasteiger partial charge in [0.25, 0.3) is 6.43 Å². The summed E-state index contributed by atoms with van der Waals surface area (Å²) in [7, 11) is 0. The summed E-state index contributed by atoms with van der Waals surface area (Å²) in [6.07, 6.45) is -2.90. The smallest absolute Gasteiger partial charge is 0.315 e. The van der Waals surface area contributed by atoms with Crippen molar-refractivity contribution in [3.05, 3.63) is 25.6 Å². The van der Waals surface area contributed by atoms with E-state index in [4.69, 9.17) is 5.11 Å². The van der Waals surface area contributed by atoms with Gasteiger partial charge in [-0.25, -0.2) is 13.8 Å². The lowest BCUT2D eigenvalue weighted by Crippen LogP contribution is -1.98. The monoisotopic (exact) mass is 316 g/mol. The van der Waals surface area contributed by atoms with E-state index in [9.17, 15) is 18.9 Å². The lowest BCUT2D eigenvalue weighted by Gasteiger charge is -2.02. The molecule has 0 atom stereocenters. The molecule has 1 aromatic heterocycles. The predicted octanol–water partition coefficient (Wildman–Crippen LogP) is 2.24. The lowest BCUT2D eigenvalue weighted by molar-refractivity contribution is -0.386. The number of pyridine rings is 1. The van der Waals surface area contributed by atoms with Crippen LogP contribution in [-0.2, 0) is 0 Å². The van der Waals surface area contributed by atoms with Crippen molar-refractivity contribution in [1.82, 2.24) is 4.98 Å². The Bertz CT molecular complexity index is 386. The van der Waals surface area contributed by atoms with Crippen LogP contribution in [0.5, 0.6) is 5.75 Å². The van der Waals surface area contributed by atoms with Gasteiger partial charge in [0.2, 0.25) is 5.75 Å². The molecule has 0 unspecified atom stereocenters. The quantitative estimate of drug-likeness (QED) is 0.393. The maximum absolute atomic E-state index is 12.2. The van der Waals surface area contributed by atoms with Gasteiger partial charge in [0, 0.05) is 6.07 Å². The molecule has 1 aromatic rings. The molecule has 0 aliphatic rings. The van der Waals surface area contributed by atoms with Crippen LogP contribution in [-0.4, -0.2) is 15.0 Å². The lowest BCUT2D eigenvalue weighted by atomic mass is 10.3. The highest BCUT2D eigenvalue weighted by Crippen LogP contribution is 2.32. The van der Waals surface area contributed by atoms with Crippen LogP contribution in [0.15, 0.2) is 6.07 Å². The summed E-state index contributed by atoms with van der Waals surface area (Å²) in [5.74, 6) is -0.694. The number of rotatable bonds is 2. The number of aromatic hydroxyl groups is 1. The van der Waals surface area contributed by atoms with Crippen LogP contribution in [0.4, 0.5) is 14.5 Å². The topological polar surface area (TPSA) is 76.3 Å². The molecular formula is C6H3F2IN2O3. The van der Waals surface area contributed by atoms with Crippen LogP contribution in [0.2, 0.25) is 0 Å². The second kappa shape index (κ2) is 3.98. The Labute approximate surface area is 90.1 Å². The van der Waals surface area contributed by atoms with Crippen LogP contribution in [0.3, 0.4) is 0 Å². The molecule has 0 aliphatic carbocycles. The highest BCUT2D eigenvalue weighted by Gasteiger charge is 2.22. The molecule has 8 heteroatoms. The fourth-order valence-electron chi connectivity index (χ4n) is 0.764. The van der Waals surface area contributed by atoms with Crippen LogP contribution < -0.4 is 0 Å². The summed E-state index contributed by atoms with van der Waals surface area (Å²) in [6.45, 7) is 0. The van der Waals surface area contributed by atoms with E-state index in [0.717, 1.165) is 0 Å². The standard InChI is InChI=1S/C6H3F2IN2O3/c7-5(8)2-1-3(11(13)14)4(12)6(9)10-2/h1,5,12H. The van der Waals surface area contributed by atoms with Crippen molar-refractivity contribution in [3.8, 4) is 5.75 Å². The van der Waals surface area contributed by atoms with Crippen LogP contribution in [0.1, 0.15) is 12.1 Å². The first kappa shape index (κ1) is 11.0. The van der Waals surface area contributed by atoms with E-state index < -0.39 is 28.5 Å². The SMILES string of the molecule is O=[N+]([O-])c1cc(C(F)F)nc(I)c1O. The molecule has 76 valence electrons. The Morgan fingerprint density at radius 3 is 2.64 bits per heavy atom. The summed E-state index contributed by atoms with van der Waals surface area (Å²) < 4.78 is 24.1. The molecule has 0 fully saturated rings. The fraction of sp³-hybridized carbons (Fsp3) is 0.167. The van der Waals surface area contributed by atoms with Crippen molar-refractivity contribution >= 4 is 28.3 Å². The molecule has 0 aliphatic heterocycles. The molecule has 1 N–H and O–H groups in total. The number of nitro groups is 1. The number of hydrogen-bond acceptors (Lipinski definition) is 4. The van der Waals surface area contributed by atoms with Gasteiger partial charge < -0.3 is 5.11 Å². The second-order valence-electron chi connectivity index (χ2n) is 2.26. The van der Waals surface area contributed by atoms with E-state index in [2.05, 4.69) is 4.98 Å². The number of aromatic nitrogens is 1. The zero-order valence-corrected chi connectivity index (χ0v) is 8.60. The van der Waals surface area contributed by atoms with E-state index in [-0.39, 0.29) is 3.70 Å². The van der Waals surface area contributed by atoms with E-state index in [1.165, 1.54) is 22.6 Å². The van der Waals surface area contributed by atoms with Crippen molar-refractivity contribution in [1.29, 1.82) is 0 Å². The summed E-state index contributed by atoms with van der Waals surface area (Å²) in [5, 5.41) is 19.4. The molecule has 0 saturated carbocycles. The third-order valence-electron chi connectivity index (χ3n) is 1.37. The van der Waals surface area contributed by atoms with Crippen LogP contribution in [0, 0.1) is 13.8 Å². The van der Waals surface area contributed by atoms with Gasteiger partial charge >= 0.3 is 5.69 Å². The minimum atomic E-state index is -2.90. The van der Waals surface area contributed by atoms with E-state index in [1.54, 1.807) is 0 Å². The first-order valence-electron chi connectivity index (χ1n) is 3.25. The van der Waals surface area contributed by atoms with E-state index in [1.807, 2.05) is 0 Å². The van der Waals surface area contributed by atoms with Crippen molar-refractivity contribution in [2.45, 2.75) is 6.43 Å². The Hall–Kier alpha value is -1.06. The fourth-order valence-corrected chi connectivity index (χ4v) is 1.32.